The quantitative estimate of drug-likeness (QED) is 0.567. The van der Waals surface area contributed by atoms with E-state index >= 15 is 0 Å². The fourth-order valence-electron chi connectivity index (χ4n) is 4.30. The van der Waals surface area contributed by atoms with Crippen LogP contribution in [0.4, 0.5) is 0 Å². The largest absolute Gasteiger partial charge is 0.507 e. The van der Waals surface area contributed by atoms with Crippen molar-refractivity contribution in [2.24, 2.45) is 5.92 Å². The van der Waals surface area contributed by atoms with Gasteiger partial charge in [0.1, 0.15) is 17.1 Å². The van der Waals surface area contributed by atoms with Crippen LogP contribution < -0.4 is 4.74 Å². The molecule has 1 aliphatic heterocycles. The van der Waals surface area contributed by atoms with Crippen molar-refractivity contribution in [1.29, 1.82) is 0 Å². The lowest BCUT2D eigenvalue weighted by molar-refractivity contribution is 0.0107. The third-order valence-corrected chi connectivity index (χ3v) is 5.60. The molecule has 0 aromatic heterocycles. The van der Waals surface area contributed by atoms with Crippen molar-refractivity contribution < 1.29 is 9.84 Å². The van der Waals surface area contributed by atoms with E-state index in [1.165, 1.54) is 30.4 Å². The molecular weight excluding hydrogens is 284 g/mol. The lowest BCUT2D eigenvalue weighted by atomic mass is 9.68. The van der Waals surface area contributed by atoms with Gasteiger partial charge in [0.15, 0.2) is 0 Å². The van der Waals surface area contributed by atoms with Crippen LogP contribution in [0.15, 0.2) is 23.8 Å². The van der Waals surface area contributed by atoms with E-state index in [4.69, 9.17) is 4.74 Å². The maximum atomic E-state index is 10.7. The Morgan fingerprint density at radius 1 is 1.26 bits per heavy atom. The number of rotatable bonds is 4. The van der Waals surface area contributed by atoms with Gasteiger partial charge in [0, 0.05) is 17.4 Å². The highest BCUT2D eigenvalue weighted by molar-refractivity contribution is 5.53. The van der Waals surface area contributed by atoms with Crippen molar-refractivity contribution >= 4 is 0 Å². The van der Waals surface area contributed by atoms with Crippen LogP contribution >= 0.6 is 0 Å². The van der Waals surface area contributed by atoms with Gasteiger partial charge in [0.2, 0.25) is 0 Å². The first-order valence-corrected chi connectivity index (χ1v) is 9.14. The van der Waals surface area contributed by atoms with Crippen molar-refractivity contribution in [2.45, 2.75) is 77.7 Å². The summed E-state index contributed by atoms with van der Waals surface area (Å²) in [5.41, 5.74) is 3.46. The molecule has 0 spiro atoms. The number of allylic oxidation sites excluding steroid dienone is 2. The summed E-state index contributed by atoms with van der Waals surface area (Å²) in [6.45, 7) is 8.81. The fourth-order valence-corrected chi connectivity index (χ4v) is 4.30. The zero-order valence-corrected chi connectivity index (χ0v) is 15.0. The molecule has 1 N–H and O–H groups in total. The van der Waals surface area contributed by atoms with E-state index in [0.717, 1.165) is 30.6 Å². The molecule has 0 saturated heterocycles. The Balaban J connectivity index is 1.99. The highest BCUT2D eigenvalue weighted by Crippen LogP contribution is 2.53. The molecule has 2 aliphatic rings. The predicted octanol–water partition coefficient (Wildman–Crippen LogP) is 5.74. The predicted molar refractivity (Wildman–Crippen MR) is 95.3 cm³/mol. The van der Waals surface area contributed by atoms with E-state index in [9.17, 15) is 5.11 Å². The summed E-state index contributed by atoms with van der Waals surface area (Å²) in [6, 6.07) is 4.13. The van der Waals surface area contributed by atoms with Gasteiger partial charge in [-0.3, -0.25) is 0 Å². The molecule has 1 unspecified atom stereocenters. The van der Waals surface area contributed by atoms with Gasteiger partial charge in [-0.2, -0.15) is 0 Å². The molecule has 2 heteroatoms. The average Bonchev–Trinajstić information content (AvgIpc) is 2.46. The molecular formula is C21H30O2. The van der Waals surface area contributed by atoms with Crippen LogP contribution in [0.1, 0.15) is 76.8 Å². The number of aromatic hydroxyl groups is 1. The van der Waals surface area contributed by atoms with Crippen molar-refractivity contribution in [3.63, 3.8) is 0 Å². The molecule has 126 valence electrons. The van der Waals surface area contributed by atoms with Crippen LogP contribution in [-0.4, -0.2) is 10.7 Å². The fraction of sp³-hybridized carbons (Fsp3) is 0.619. The number of phenols is 1. The monoisotopic (exact) mass is 314 g/mol. The number of aryl methyl sites for hydroxylation is 1. The Morgan fingerprint density at radius 3 is 2.78 bits per heavy atom. The molecule has 1 heterocycles. The van der Waals surface area contributed by atoms with Gasteiger partial charge in [-0.25, -0.2) is 0 Å². The van der Waals surface area contributed by atoms with E-state index in [1.54, 1.807) is 0 Å². The number of hydrogen-bond acceptors (Lipinski definition) is 2. The summed E-state index contributed by atoms with van der Waals surface area (Å²) < 4.78 is 6.36. The van der Waals surface area contributed by atoms with Gasteiger partial charge in [-0.15, -0.1) is 0 Å². The summed E-state index contributed by atoms with van der Waals surface area (Å²) >= 11 is 0. The summed E-state index contributed by atoms with van der Waals surface area (Å²) in [5, 5.41) is 10.7. The maximum Gasteiger partial charge on any atom is 0.127 e. The first kappa shape index (κ1) is 16.4. The summed E-state index contributed by atoms with van der Waals surface area (Å²) in [7, 11) is 0. The van der Waals surface area contributed by atoms with E-state index < -0.39 is 0 Å². The Kier molecular flexibility index (Phi) is 4.44. The van der Waals surface area contributed by atoms with Gasteiger partial charge >= 0.3 is 0 Å². The van der Waals surface area contributed by atoms with E-state index in [2.05, 4.69) is 39.8 Å². The van der Waals surface area contributed by atoms with Crippen LogP contribution in [0.5, 0.6) is 11.5 Å². The highest BCUT2D eigenvalue weighted by Gasteiger charge is 2.45. The summed E-state index contributed by atoms with van der Waals surface area (Å²) in [4.78, 5) is 0. The van der Waals surface area contributed by atoms with Gasteiger partial charge < -0.3 is 9.84 Å². The van der Waals surface area contributed by atoms with E-state index in [-0.39, 0.29) is 11.5 Å². The van der Waals surface area contributed by atoms with Crippen molar-refractivity contribution in [3.8, 4) is 11.5 Å². The number of unbranched alkanes of at least 4 members (excludes halogenated alkanes) is 2. The van der Waals surface area contributed by atoms with Crippen molar-refractivity contribution in [2.75, 3.05) is 0 Å². The highest BCUT2D eigenvalue weighted by atomic mass is 16.5. The van der Waals surface area contributed by atoms with E-state index in [0.29, 0.717) is 11.7 Å². The summed E-state index contributed by atoms with van der Waals surface area (Å²) in [5.74, 6) is 2.04. The molecule has 2 nitrogen and oxygen atoms in total. The third-order valence-electron chi connectivity index (χ3n) is 5.60. The van der Waals surface area contributed by atoms with Crippen LogP contribution in [-0.2, 0) is 6.42 Å². The smallest absolute Gasteiger partial charge is 0.127 e. The molecule has 1 aromatic rings. The zero-order valence-electron chi connectivity index (χ0n) is 15.0. The number of hydrogen-bond donors (Lipinski definition) is 1. The molecule has 1 aliphatic carbocycles. The number of phenolic OH excluding ortho intramolecular Hbond substituents is 1. The SMILES string of the molecule is CCCCCc1cc(O)c2c(c1)OC(C)(C)C1CCC(C)=C[C@@H]21. The maximum absolute atomic E-state index is 10.7. The minimum absolute atomic E-state index is 0.177. The number of benzene rings is 1. The molecule has 0 bridgehead atoms. The first-order chi connectivity index (χ1) is 10.9. The minimum Gasteiger partial charge on any atom is -0.507 e. The number of fused-ring (bicyclic) bond motifs is 3. The molecule has 0 fully saturated rings. The first-order valence-electron chi connectivity index (χ1n) is 9.14. The zero-order chi connectivity index (χ0) is 16.6. The number of ether oxygens (including phenoxy) is 1. The normalized spacial score (nSPS) is 25.1. The average molecular weight is 314 g/mol. The standard InChI is InChI=1S/C21H30O2/c1-5-6-7-8-15-12-18(22)20-16-11-14(2)9-10-17(16)21(3,4)23-19(20)13-15/h11-13,16-17,22H,5-10H2,1-4H3/t16-,17?/m1/s1. The Morgan fingerprint density at radius 2 is 2.04 bits per heavy atom. The molecule has 0 amide bonds. The Labute approximate surface area is 140 Å². The van der Waals surface area contributed by atoms with Gasteiger partial charge in [0.05, 0.1) is 0 Å². The molecule has 0 saturated carbocycles. The third kappa shape index (κ3) is 3.13. The minimum atomic E-state index is -0.177. The lowest BCUT2D eigenvalue weighted by Crippen LogP contribution is -2.45. The topological polar surface area (TPSA) is 29.5 Å². The lowest BCUT2D eigenvalue weighted by Gasteiger charge is -2.46. The second kappa shape index (κ2) is 6.22. The Bertz CT molecular complexity index is 613. The molecule has 23 heavy (non-hydrogen) atoms. The summed E-state index contributed by atoms with van der Waals surface area (Å²) in [6.07, 6.45) is 9.26. The second-order valence-electron chi connectivity index (χ2n) is 7.87. The molecule has 0 radical (unpaired) electrons. The van der Waals surface area contributed by atoms with Crippen molar-refractivity contribution in [3.05, 3.63) is 34.9 Å². The van der Waals surface area contributed by atoms with Crippen LogP contribution in [0.25, 0.3) is 0 Å². The van der Waals surface area contributed by atoms with Gasteiger partial charge in [-0.1, -0.05) is 31.4 Å². The van der Waals surface area contributed by atoms with Gasteiger partial charge in [0.25, 0.3) is 0 Å². The molecule has 3 rings (SSSR count). The molecule has 2 atom stereocenters. The van der Waals surface area contributed by atoms with Gasteiger partial charge in [-0.05, 0) is 64.2 Å². The molecule has 1 aromatic carbocycles. The van der Waals surface area contributed by atoms with E-state index in [1.807, 2.05) is 6.07 Å². The van der Waals surface area contributed by atoms with Crippen LogP contribution in [0, 0.1) is 5.92 Å². The van der Waals surface area contributed by atoms with Crippen molar-refractivity contribution in [1.82, 2.24) is 0 Å². The second-order valence-corrected chi connectivity index (χ2v) is 7.87. The van der Waals surface area contributed by atoms with Crippen LogP contribution in [0.3, 0.4) is 0 Å². The van der Waals surface area contributed by atoms with Crippen LogP contribution in [0.2, 0.25) is 0 Å². The Hall–Kier alpha value is -1.44.